The van der Waals surface area contributed by atoms with E-state index in [1.165, 1.54) is 0 Å². The van der Waals surface area contributed by atoms with Gasteiger partial charge in [-0.1, -0.05) is 39.0 Å². The van der Waals surface area contributed by atoms with Gasteiger partial charge < -0.3 is 14.8 Å². The van der Waals surface area contributed by atoms with Crippen molar-refractivity contribution in [2.45, 2.75) is 26.9 Å². The number of rotatable bonds is 9. The van der Waals surface area contributed by atoms with Gasteiger partial charge in [0, 0.05) is 6.54 Å². The van der Waals surface area contributed by atoms with Crippen LogP contribution in [0.4, 0.5) is 0 Å². The third-order valence-electron chi connectivity index (χ3n) is 2.77. The van der Waals surface area contributed by atoms with Crippen molar-refractivity contribution >= 4 is 0 Å². The van der Waals surface area contributed by atoms with Crippen LogP contribution in [-0.2, 0) is 4.74 Å². The van der Waals surface area contributed by atoms with Crippen molar-refractivity contribution in [1.82, 2.24) is 5.32 Å². The van der Waals surface area contributed by atoms with Crippen LogP contribution in [0.2, 0.25) is 0 Å². The summed E-state index contributed by atoms with van der Waals surface area (Å²) in [5.74, 6) is 1.41. The van der Waals surface area contributed by atoms with Crippen molar-refractivity contribution in [1.29, 1.82) is 0 Å². The third-order valence-corrected chi connectivity index (χ3v) is 2.77. The van der Waals surface area contributed by atoms with Gasteiger partial charge in [-0.25, -0.2) is 0 Å². The second-order valence-electron chi connectivity index (χ2n) is 4.62. The Balaban J connectivity index is 2.18. The molecule has 102 valence electrons. The number of para-hydroxylation sites is 1. The summed E-state index contributed by atoms with van der Waals surface area (Å²) in [4.78, 5) is 0. The molecule has 1 aromatic rings. The zero-order chi connectivity index (χ0) is 13.2. The Labute approximate surface area is 110 Å². The van der Waals surface area contributed by atoms with E-state index in [9.17, 15) is 0 Å². The summed E-state index contributed by atoms with van der Waals surface area (Å²) in [7, 11) is 0. The van der Waals surface area contributed by atoms with Crippen LogP contribution in [-0.4, -0.2) is 32.4 Å². The molecule has 1 aromatic carbocycles. The molecule has 0 aromatic heterocycles. The Morgan fingerprint density at radius 2 is 1.83 bits per heavy atom. The normalized spacial score (nSPS) is 12.7. The van der Waals surface area contributed by atoms with Gasteiger partial charge in [0.2, 0.25) is 0 Å². The number of hydrogen-bond donors (Lipinski definition) is 1. The van der Waals surface area contributed by atoms with Crippen LogP contribution in [0, 0.1) is 5.92 Å². The van der Waals surface area contributed by atoms with Gasteiger partial charge in [-0.15, -0.1) is 0 Å². The summed E-state index contributed by atoms with van der Waals surface area (Å²) in [6.45, 7) is 9.57. The average molecular weight is 251 g/mol. The van der Waals surface area contributed by atoms with Crippen LogP contribution in [0.15, 0.2) is 30.3 Å². The van der Waals surface area contributed by atoms with E-state index in [0.717, 1.165) is 18.8 Å². The lowest BCUT2D eigenvalue weighted by molar-refractivity contribution is 0.00823. The third kappa shape index (κ3) is 6.03. The van der Waals surface area contributed by atoms with Crippen molar-refractivity contribution in [3.63, 3.8) is 0 Å². The van der Waals surface area contributed by atoms with Gasteiger partial charge in [-0.05, 0) is 24.6 Å². The van der Waals surface area contributed by atoms with Crippen LogP contribution >= 0.6 is 0 Å². The van der Waals surface area contributed by atoms with Crippen LogP contribution < -0.4 is 10.1 Å². The summed E-state index contributed by atoms with van der Waals surface area (Å²) in [6.07, 6.45) is 0.254. The summed E-state index contributed by atoms with van der Waals surface area (Å²) in [6, 6.07) is 9.84. The first-order chi connectivity index (χ1) is 8.74. The molecule has 0 saturated carbocycles. The molecule has 1 rings (SSSR count). The van der Waals surface area contributed by atoms with E-state index in [-0.39, 0.29) is 6.10 Å². The zero-order valence-electron chi connectivity index (χ0n) is 11.7. The molecule has 1 unspecified atom stereocenters. The monoisotopic (exact) mass is 251 g/mol. The van der Waals surface area contributed by atoms with Crippen molar-refractivity contribution < 1.29 is 9.47 Å². The molecule has 1 N–H and O–H groups in total. The Kier molecular flexibility index (Phi) is 7.46. The maximum absolute atomic E-state index is 5.84. The summed E-state index contributed by atoms with van der Waals surface area (Å²) in [5.41, 5.74) is 0. The topological polar surface area (TPSA) is 30.5 Å². The minimum absolute atomic E-state index is 0.254. The van der Waals surface area contributed by atoms with E-state index in [1.54, 1.807) is 0 Å². The molecule has 0 heterocycles. The largest absolute Gasteiger partial charge is 0.491 e. The van der Waals surface area contributed by atoms with E-state index in [1.807, 2.05) is 30.3 Å². The van der Waals surface area contributed by atoms with Crippen molar-refractivity contribution in [2.75, 3.05) is 26.3 Å². The number of ether oxygens (including phenoxy) is 2. The van der Waals surface area contributed by atoms with Gasteiger partial charge in [0.25, 0.3) is 0 Å². The maximum atomic E-state index is 5.84. The van der Waals surface area contributed by atoms with Gasteiger partial charge in [0.05, 0.1) is 12.7 Å². The van der Waals surface area contributed by atoms with Gasteiger partial charge in [-0.2, -0.15) is 0 Å². The molecule has 0 fully saturated rings. The first-order valence-corrected chi connectivity index (χ1v) is 6.74. The molecule has 0 radical (unpaired) electrons. The fraction of sp³-hybridized carbons (Fsp3) is 0.600. The van der Waals surface area contributed by atoms with Crippen molar-refractivity contribution in [2.24, 2.45) is 5.92 Å². The van der Waals surface area contributed by atoms with Crippen LogP contribution in [0.25, 0.3) is 0 Å². The predicted octanol–water partition coefficient (Wildman–Crippen LogP) is 2.72. The number of hydrogen-bond acceptors (Lipinski definition) is 3. The van der Waals surface area contributed by atoms with Crippen LogP contribution in [0.3, 0.4) is 0 Å². The molecule has 3 heteroatoms. The fourth-order valence-corrected chi connectivity index (χ4v) is 1.65. The summed E-state index contributed by atoms with van der Waals surface area (Å²) < 4.78 is 11.4. The molecule has 0 aliphatic heterocycles. The Hall–Kier alpha value is -1.06. The highest BCUT2D eigenvalue weighted by Crippen LogP contribution is 2.09. The Morgan fingerprint density at radius 1 is 1.11 bits per heavy atom. The molecule has 0 aliphatic rings. The highest BCUT2D eigenvalue weighted by atomic mass is 16.5. The van der Waals surface area contributed by atoms with Crippen LogP contribution in [0.1, 0.15) is 20.8 Å². The first-order valence-electron chi connectivity index (χ1n) is 6.74. The molecule has 0 amide bonds. The maximum Gasteiger partial charge on any atom is 0.119 e. The van der Waals surface area contributed by atoms with E-state index in [0.29, 0.717) is 19.1 Å². The van der Waals surface area contributed by atoms with Gasteiger partial charge in [0.15, 0.2) is 0 Å². The zero-order valence-corrected chi connectivity index (χ0v) is 11.7. The van der Waals surface area contributed by atoms with E-state index < -0.39 is 0 Å². The number of nitrogens with one attached hydrogen (secondary N) is 1. The average Bonchev–Trinajstić information content (AvgIpc) is 2.38. The smallest absolute Gasteiger partial charge is 0.119 e. The minimum Gasteiger partial charge on any atom is -0.491 e. The Bertz CT molecular complexity index is 301. The molecule has 0 aliphatic carbocycles. The molecule has 0 saturated heterocycles. The number of likely N-dealkylation sites (N-methyl/N-ethyl adjacent to an activating group) is 1. The second kappa shape index (κ2) is 8.95. The summed E-state index contributed by atoms with van der Waals surface area (Å²) >= 11 is 0. The Morgan fingerprint density at radius 3 is 2.44 bits per heavy atom. The lowest BCUT2D eigenvalue weighted by Crippen LogP contribution is -2.34. The minimum atomic E-state index is 0.254. The quantitative estimate of drug-likeness (QED) is 0.685. The van der Waals surface area contributed by atoms with E-state index in [2.05, 4.69) is 26.1 Å². The lowest BCUT2D eigenvalue weighted by Gasteiger charge is -2.21. The van der Waals surface area contributed by atoms with Gasteiger partial charge in [0.1, 0.15) is 12.4 Å². The molecule has 0 spiro atoms. The molecule has 3 nitrogen and oxygen atoms in total. The molecule has 18 heavy (non-hydrogen) atoms. The standard InChI is InChI=1S/C15H25NO2/c1-4-16-12-15(13(2)3)18-11-10-17-14-8-6-5-7-9-14/h5-9,13,15-16H,4,10-12H2,1-3H3. The molecular formula is C15H25NO2. The molecule has 0 bridgehead atoms. The highest BCUT2D eigenvalue weighted by Gasteiger charge is 2.12. The molecular weight excluding hydrogens is 226 g/mol. The predicted molar refractivity (Wildman–Crippen MR) is 75.1 cm³/mol. The van der Waals surface area contributed by atoms with Crippen LogP contribution in [0.5, 0.6) is 5.75 Å². The SMILES string of the molecule is CCNCC(OCCOc1ccccc1)C(C)C. The van der Waals surface area contributed by atoms with Crippen molar-refractivity contribution in [3.05, 3.63) is 30.3 Å². The van der Waals surface area contributed by atoms with Gasteiger partial charge in [-0.3, -0.25) is 0 Å². The highest BCUT2D eigenvalue weighted by molar-refractivity contribution is 5.20. The fourth-order valence-electron chi connectivity index (χ4n) is 1.65. The second-order valence-corrected chi connectivity index (χ2v) is 4.62. The first kappa shape index (κ1) is 15.0. The lowest BCUT2D eigenvalue weighted by atomic mass is 10.1. The van der Waals surface area contributed by atoms with E-state index >= 15 is 0 Å². The summed E-state index contributed by atoms with van der Waals surface area (Å²) in [5, 5.41) is 3.32. The van der Waals surface area contributed by atoms with Gasteiger partial charge >= 0.3 is 0 Å². The van der Waals surface area contributed by atoms with E-state index in [4.69, 9.17) is 9.47 Å². The molecule has 1 atom stereocenters. The number of benzene rings is 1. The van der Waals surface area contributed by atoms with Crippen molar-refractivity contribution in [3.8, 4) is 5.75 Å².